The fourth-order valence-corrected chi connectivity index (χ4v) is 2.62. The molecule has 0 bridgehead atoms. The van der Waals surface area contributed by atoms with Gasteiger partial charge in [-0.25, -0.2) is 4.39 Å². The zero-order valence-electron chi connectivity index (χ0n) is 10.9. The Morgan fingerprint density at radius 3 is 2.55 bits per heavy atom. The highest BCUT2D eigenvalue weighted by Gasteiger charge is 2.05. The molecule has 0 saturated carbocycles. The highest BCUT2D eigenvalue weighted by atomic mass is 79.9. The van der Waals surface area contributed by atoms with Crippen LogP contribution in [-0.2, 0) is 13.2 Å². The van der Waals surface area contributed by atoms with Gasteiger partial charge in [0.1, 0.15) is 18.2 Å². The number of benzene rings is 2. The lowest BCUT2D eigenvalue weighted by molar-refractivity contribution is 0.305. The number of ether oxygens (including phenoxy) is 1. The van der Waals surface area contributed by atoms with Crippen molar-refractivity contribution in [2.75, 3.05) is 7.05 Å². The molecule has 0 aliphatic rings. The molecule has 0 amide bonds. The molecule has 0 aliphatic heterocycles. The highest BCUT2D eigenvalue weighted by molar-refractivity contribution is 9.10. The summed E-state index contributed by atoms with van der Waals surface area (Å²) in [5.74, 6) is 0.523. The van der Waals surface area contributed by atoms with Crippen LogP contribution < -0.4 is 10.1 Å². The minimum absolute atomic E-state index is 0.263. The molecular weight excluding hydrogens is 389 g/mol. The van der Waals surface area contributed by atoms with Crippen molar-refractivity contribution in [1.82, 2.24) is 5.32 Å². The van der Waals surface area contributed by atoms with Gasteiger partial charge in [-0.1, -0.05) is 37.9 Å². The molecule has 0 fully saturated rings. The van der Waals surface area contributed by atoms with Crippen molar-refractivity contribution >= 4 is 31.9 Å². The van der Waals surface area contributed by atoms with E-state index in [1.165, 1.54) is 12.1 Å². The number of halogens is 3. The maximum Gasteiger partial charge on any atom is 0.124 e. The van der Waals surface area contributed by atoms with E-state index < -0.39 is 0 Å². The molecule has 0 unspecified atom stereocenters. The van der Waals surface area contributed by atoms with Crippen LogP contribution in [0.5, 0.6) is 5.75 Å². The molecule has 0 spiro atoms. The van der Waals surface area contributed by atoms with Gasteiger partial charge in [-0.2, -0.15) is 0 Å². The summed E-state index contributed by atoms with van der Waals surface area (Å²) < 4.78 is 20.5. The Kier molecular flexibility index (Phi) is 5.57. The van der Waals surface area contributed by atoms with E-state index >= 15 is 0 Å². The van der Waals surface area contributed by atoms with Crippen LogP contribution in [0.1, 0.15) is 11.1 Å². The van der Waals surface area contributed by atoms with Crippen molar-refractivity contribution in [3.63, 3.8) is 0 Å². The van der Waals surface area contributed by atoms with Crippen LogP contribution in [0.15, 0.2) is 45.3 Å². The summed E-state index contributed by atoms with van der Waals surface area (Å²) in [6.07, 6.45) is 0. The Bertz CT molecular complexity index is 604. The summed E-state index contributed by atoms with van der Waals surface area (Å²) in [7, 11) is 1.90. The van der Waals surface area contributed by atoms with Crippen molar-refractivity contribution in [1.29, 1.82) is 0 Å². The lowest BCUT2D eigenvalue weighted by Crippen LogP contribution is -2.06. The quantitative estimate of drug-likeness (QED) is 0.785. The van der Waals surface area contributed by atoms with Crippen molar-refractivity contribution in [2.45, 2.75) is 13.2 Å². The first-order valence-electron chi connectivity index (χ1n) is 6.10. The minimum Gasteiger partial charge on any atom is -0.489 e. The van der Waals surface area contributed by atoms with Gasteiger partial charge in [-0.15, -0.1) is 0 Å². The summed E-state index contributed by atoms with van der Waals surface area (Å²) in [5, 5.41) is 3.11. The van der Waals surface area contributed by atoms with Gasteiger partial charge in [0.2, 0.25) is 0 Å². The van der Waals surface area contributed by atoms with Crippen LogP contribution in [0.25, 0.3) is 0 Å². The molecule has 2 rings (SSSR count). The molecule has 0 radical (unpaired) electrons. The van der Waals surface area contributed by atoms with Gasteiger partial charge in [0, 0.05) is 21.1 Å². The van der Waals surface area contributed by atoms with Gasteiger partial charge in [0.05, 0.1) is 0 Å². The molecule has 106 valence electrons. The summed E-state index contributed by atoms with van der Waals surface area (Å²) in [5.41, 5.74) is 2.03. The molecule has 20 heavy (non-hydrogen) atoms. The van der Waals surface area contributed by atoms with E-state index in [4.69, 9.17) is 4.74 Å². The summed E-state index contributed by atoms with van der Waals surface area (Å²) in [4.78, 5) is 0. The first kappa shape index (κ1) is 15.5. The first-order valence-corrected chi connectivity index (χ1v) is 7.68. The summed E-state index contributed by atoms with van der Waals surface area (Å²) in [6.45, 7) is 1.15. The third-order valence-corrected chi connectivity index (χ3v) is 4.31. The Labute approximate surface area is 134 Å². The van der Waals surface area contributed by atoms with Gasteiger partial charge in [0.25, 0.3) is 0 Å². The Morgan fingerprint density at radius 2 is 1.85 bits per heavy atom. The maximum atomic E-state index is 13.0. The van der Waals surface area contributed by atoms with Crippen molar-refractivity contribution < 1.29 is 9.13 Å². The molecular formula is C15H14Br2FNO. The Hall–Kier alpha value is -0.910. The number of nitrogens with one attached hydrogen (secondary N) is 1. The number of rotatable bonds is 5. The van der Waals surface area contributed by atoms with Crippen molar-refractivity contribution in [3.05, 3.63) is 62.3 Å². The van der Waals surface area contributed by atoms with Gasteiger partial charge >= 0.3 is 0 Å². The number of hydrogen-bond donors (Lipinski definition) is 1. The van der Waals surface area contributed by atoms with Gasteiger partial charge < -0.3 is 10.1 Å². The predicted molar refractivity (Wildman–Crippen MR) is 85.3 cm³/mol. The SMILES string of the molecule is CNCc1cc(OCc2ccc(F)cc2Br)ccc1Br. The second-order valence-electron chi connectivity index (χ2n) is 4.31. The summed E-state index contributed by atoms with van der Waals surface area (Å²) >= 11 is 6.84. The van der Waals surface area contributed by atoms with Crippen LogP contribution >= 0.6 is 31.9 Å². The van der Waals surface area contributed by atoms with Crippen LogP contribution in [0.3, 0.4) is 0 Å². The largest absolute Gasteiger partial charge is 0.489 e. The number of hydrogen-bond acceptors (Lipinski definition) is 2. The molecule has 2 aromatic rings. The molecule has 2 nitrogen and oxygen atoms in total. The monoisotopic (exact) mass is 401 g/mol. The molecule has 1 N–H and O–H groups in total. The third-order valence-electron chi connectivity index (χ3n) is 2.79. The van der Waals surface area contributed by atoms with E-state index in [0.29, 0.717) is 11.1 Å². The van der Waals surface area contributed by atoms with Gasteiger partial charge in [-0.3, -0.25) is 0 Å². The van der Waals surface area contributed by atoms with Gasteiger partial charge in [-0.05, 0) is 42.9 Å². The Balaban J connectivity index is 2.08. The second-order valence-corrected chi connectivity index (χ2v) is 6.02. The van der Waals surface area contributed by atoms with Crippen molar-refractivity contribution in [2.24, 2.45) is 0 Å². The van der Waals surface area contributed by atoms with Crippen LogP contribution in [0.4, 0.5) is 4.39 Å². The molecule has 0 aliphatic carbocycles. The van der Waals surface area contributed by atoms with Crippen LogP contribution in [-0.4, -0.2) is 7.05 Å². The zero-order valence-corrected chi connectivity index (χ0v) is 14.1. The topological polar surface area (TPSA) is 21.3 Å². The smallest absolute Gasteiger partial charge is 0.124 e. The normalized spacial score (nSPS) is 10.6. The van der Waals surface area contributed by atoms with E-state index in [1.807, 2.05) is 25.2 Å². The fraction of sp³-hybridized carbons (Fsp3) is 0.200. The van der Waals surface area contributed by atoms with E-state index in [1.54, 1.807) is 6.07 Å². The second kappa shape index (κ2) is 7.20. The fourth-order valence-electron chi connectivity index (χ4n) is 1.77. The predicted octanol–water partition coefficient (Wildman–Crippen LogP) is 4.65. The maximum absolute atomic E-state index is 13.0. The zero-order chi connectivity index (χ0) is 14.5. The minimum atomic E-state index is -0.263. The highest BCUT2D eigenvalue weighted by Crippen LogP contribution is 2.24. The average Bonchev–Trinajstić information content (AvgIpc) is 2.41. The van der Waals surface area contributed by atoms with Gasteiger partial charge in [0.15, 0.2) is 0 Å². The Morgan fingerprint density at radius 1 is 1.05 bits per heavy atom. The molecule has 0 saturated heterocycles. The average molecular weight is 403 g/mol. The lowest BCUT2D eigenvalue weighted by atomic mass is 10.2. The lowest BCUT2D eigenvalue weighted by Gasteiger charge is -2.11. The van der Waals surface area contributed by atoms with Crippen molar-refractivity contribution in [3.8, 4) is 5.75 Å². The van der Waals surface area contributed by atoms with E-state index in [2.05, 4.69) is 37.2 Å². The molecule has 0 heterocycles. The van der Waals surface area contributed by atoms with E-state index in [9.17, 15) is 4.39 Å². The summed E-state index contributed by atoms with van der Waals surface area (Å²) in [6, 6.07) is 10.4. The molecule has 0 atom stereocenters. The van der Waals surface area contributed by atoms with E-state index in [-0.39, 0.29) is 5.82 Å². The van der Waals surface area contributed by atoms with E-state index in [0.717, 1.165) is 27.9 Å². The molecule has 5 heteroatoms. The standard InChI is InChI=1S/C15H14Br2FNO/c1-19-8-11-6-13(4-5-14(11)16)20-9-10-2-3-12(18)7-15(10)17/h2-7,19H,8-9H2,1H3. The van der Waals surface area contributed by atoms with Crippen LogP contribution in [0, 0.1) is 5.82 Å². The first-order chi connectivity index (χ1) is 9.60. The van der Waals surface area contributed by atoms with Crippen LogP contribution in [0.2, 0.25) is 0 Å². The molecule has 2 aromatic carbocycles. The third kappa shape index (κ3) is 4.04. The molecule has 0 aromatic heterocycles.